The molecule has 7 heteroatoms. The summed E-state index contributed by atoms with van der Waals surface area (Å²) in [6.07, 6.45) is 0. The van der Waals surface area contributed by atoms with Crippen LogP contribution in [0.2, 0.25) is 0 Å². The van der Waals surface area contributed by atoms with E-state index in [4.69, 9.17) is 0 Å². The van der Waals surface area contributed by atoms with Crippen LogP contribution in [-0.4, -0.2) is 35.6 Å². The highest BCUT2D eigenvalue weighted by Gasteiger charge is 2.10. The molecule has 0 fully saturated rings. The van der Waals surface area contributed by atoms with Crippen LogP contribution < -0.4 is 15.9 Å². The third-order valence-electron chi connectivity index (χ3n) is 2.84. The Kier molecular flexibility index (Phi) is 4.04. The summed E-state index contributed by atoms with van der Waals surface area (Å²) < 4.78 is 11.9. The van der Waals surface area contributed by atoms with E-state index in [1.54, 1.807) is 20.4 Å². The van der Waals surface area contributed by atoms with Crippen molar-refractivity contribution in [2.24, 2.45) is 0 Å². The van der Waals surface area contributed by atoms with E-state index in [1.165, 1.54) is 0 Å². The second-order valence-corrected chi connectivity index (χ2v) is 8.06. The first kappa shape index (κ1) is 14.5. The Bertz CT molecular complexity index is 650. The predicted molar refractivity (Wildman–Crippen MR) is 82.9 cm³/mol. The van der Waals surface area contributed by atoms with Crippen molar-refractivity contribution in [3.63, 3.8) is 0 Å². The third kappa shape index (κ3) is 3.33. The molecule has 0 saturated heterocycles. The lowest BCUT2D eigenvalue weighted by Gasteiger charge is -2.09. The van der Waals surface area contributed by atoms with Crippen molar-refractivity contribution in [1.29, 1.82) is 0 Å². The number of nitrogens with zero attached hydrogens (tertiary/aromatic N) is 3. The van der Waals surface area contributed by atoms with E-state index in [9.17, 15) is 4.57 Å². The maximum absolute atomic E-state index is 11.9. The Morgan fingerprint density at radius 2 is 1.75 bits per heavy atom. The molecule has 0 radical (unpaired) electrons. The van der Waals surface area contributed by atoms with E-state index in [2.05, 4.69) is 25.8 Å². The molecule has 0 aliphatic carbocycles. The molecule has 0 atom stereocenters. The van der Waals surface area contributed by atoms with E-state index < -0.39 is 7.14 Å². The fourth-order valence-electron chi connectivity index (χ4n) is 1.70. The Balaban J connectivity index is 2.20. The predicted octanol–water partition coefficient (Wildman–Crippen LogP) is 2.21. The first-order chi connectivity index (χ1) is 9.40. The zero-order chi connectivity index (χ0) is 14.8. The maximum atomic E-state index is 11.9. The van der Waals surface area contributed by atoms with E-state index in [0.29, 0.717) is 11.8 Å². The molecule has 1 aromatic heterocycles. The van der Waals surface area contributed by atoms with Gasteiger partial charge in [0.25, 0.3) is 0 Å². The fourth-order valence-corrected chi connectivity index (χ4v) is 2.57. The first-order valence-electron chi connectivity index (χ1n) is 6.22. The Labute approximate surface area is 118 Å². The van der Waals surface area contributed by atoms with E-state index in [0.717, 1.165) is 16.7 Å². The van der Waals surface area contributed by atoms with Gasteiger partial charge in [0, 0.05) is 18.0 Å². The summed E-state index contributed by atoms with van der Waals surface area (Å²) in [6, 6.07) is 7.42. The summed E-state index contributed by atoms with van der Waals surface area (Å²) in [7, 11) is -0.434. The molecule has 0 bridgehead atoms. The second-order valence-electron chi connectivity index (χ2n) is 4.84. The Morgan fingerprint density at radius 3 is 2.30 bits per heavy atom. The van der Waals surface area contributed by atoms with Crippen molar-refractivity contribution in [2.45, 2.75) is 6.92 Å². The van der Waals surface area contributed by atoms with E-state index in [1.807, 2.05) is 31.2 Å². The molecule has 106 valence electrons. The van der Waals surface area contributed by atoms with Gasteiger partial charge < -0.3 is 15.2 Å². The molecule has 6 nitrogen and oxygen atoms in total. The lowest BCUT2D eigenvalue weighted by molar-refractivity contribution is 0.588. The quantitative estimate of drug-likeness (QED) is 0.841. The van der Waals surface area contributed by atoms with E-state index >= 15 is 0 Å². The van der Waals surface area contributed by atoms with Gasteiger partial charge in [-0.3, -0.25) is 0 Å². The lowest BCUT2D eigenvalue weighted by atomic mass is 10.3. The van der Waals surface area contributed by atoms with Crippen LogP contribution in [-0.2, 0) is 4.57 Å². The van der Waals surface area contributed by atoms with Gasteiger partial charge in [0.15, 0.2) is 5.82 Å². The molecule has 0 unspecified atom stereocenters. The average molecular weight is 291 g/mol. The van der Waals surface area contributed by atoms with Crippen molar-refractivity contribution in [3.8, 4) is 0 Å². The molecule has 1 aromatic carbocycles. The maximum Gasteiger partial charge on any atom is 0.249 e. The minimum absolute atomic E-state index is 0.420. The van der Waals surface area contributed by atoms with Crippen molar-refractivity contribution in [2.75, 3.05) is 31.0 Å². The lowest BCUT2D eigenvalue weighted by Crippen LogP contribution is -2.06. The normalized spacial score (nSPS) is 11.2. The van der Waals surface area contributed by atoms with Crippen LogP contribution in [0.1, 0.15) is 5.69 Å². The molecule has 0 spiro atoms. The summed E-state index contributed by atoms with van der Waals surface area (Å²) in [4.78, 5) is 4.31. The molecule has 0 aliphatic rings. The first-order valence-corrected chi connectivity index (χ1v) is 8.82. The van der Waals surface area contributed by atoms with Gasteiger partial charge in [-0.25, -0.2) is 0 Å². The molecular weight excluding hydrogens is 273 g/mol. The summed E-state index contributed by atoms with van der Waals surface area (Å²) in [5.41, 5.74) is 1.57. The number of anilines is 3. The number of hydrogen-bond donors (Lipinski definition) is 2. The standard InChI is InChI=1S/C13H18N5OP/c1-9-12(14-2)16-13(18-17-9)15-10-5-7-11(8-6-10)20(3,4)19/h5-8H,1-4H3,(H2,14,15,16,18). The highest BCUT2D eigenvalue weighted by molar-refractivity contribution is 7.70. The molecule has 20 heavy (non-hydrogen) atoms. The van der Waals surface area contributed by atoms with Crippen LogP contribution in [0.3, 0.4) is 0 Å². The minimum atomic E-state index is -2.22. The van der Waals surface area contributed by atoms with Gasteiger partial charge in [0.05, 0.1) is 0 Å². The van der Waals surface area contributed by atoms with Crippen molar-refractivity contribution >= 4 is 29.9 Å². The van der Waals surface area contributed by atoms with Gasteiger partial charge in [-0.2, -0.15) is 4.98 Å². The van der Waals surface area contributed by atoms with Crippen LogP contribution >= 0.6 is 7.14 Å². The summed E-state index contributed by atoms with van der Waals surface area (Å²) in [5.74, 6) is 1.11. The van der Waals surface area contributed by atoms with Crippen LogP contribution in [0.15, 0.2) is 24.3 Å². The van der Waals surface area contributed by atoms with Crippen LogP contribution in [0.4, 0.5) is 17.5 Å². The highest BCUT2D eigenvalue weighted by Crippen LogP contribution is 2.34. The second kappa shape index (κ2) is 5.59. The molecule has 0 saturated carbocycles. The highest BCUT2D eigenvalue weighted by atomic mass is 31.2. The Morgan fingerprint density at radius 1 is 1.10 bits per heavy atom. The summed E-state index contributed by atoms with van der Waals surface area (Å²) in [5, 5.41) is 14.9. The van der Waals surface area contributed by atoms with Gasteiger partial charge in [-0.05, 0) is 44.5 Å². The Hall–Kier alpha value is -1.94. The molecule has 0 amide bonds. The van der Waals surface area contributed by atoms with Crippen LogP contribution in [0.25, 0.3) is 0 Å². The van der Waals surface area contributed by atoms with Gasteiger partial charge in [0.2, 0.25) is 5.95 Å². The zero-order valence-electron chi connectivity index (χ0n) is 12.0. The fraction of sp³-hybridized carbons (Fsp3) is 0.308. The minimum Gasteiger partial charge on any atom is -0.371 e. The zero-order valence-corrected chi connectivity index (χ0v) is 12.9. The van der Waals surface area contributed by atoms with E-state index in [-0.39, 0.29) is 0 Å². The van der Waals surface area contributed by atoms with Gasteiger partial charge in [0.1, 0.15) is 12.8 Å². The average Bonchev–Trinajstić information content (AvgIpc) is 2.40. The number of hydrogen-bond acceptors (Lipinski definition) is 6. The summed E-state index contributed by atoms with van der Waals surface area (Å²) in [6.45, 7) is 5.34. The smallest absolute Gasteiger partial charge is 0.249 e. The van der Waals surface area contributed by atoms with Crippen molar-refractivity contribution in [3.05, 3.63) is 30.0 Å². The van der Waals surface area contributed by atoms with Crippen molar-refractivity contribution in [1.82, 2.24) is 15.2 Å². The van der Waals surface area contributed by atoms with Gasteiger partial charge >= 0.3 is 0 Å². The number of nitrogens with one attached hydrogen (secondary N) is 2. The molecule has 1 heterocycles. The number of aryl methyl sites for hydroxylation is 1. The number of aromatic nitrogens is 3. The molecule has 0 aliphatic heterocycles. The number of benzene rings is 1. The van der Waals surface area contributed by atoms with Gasteiger partial charge in [-0.1, -0.05) is 0 Å². The van der Waals surface area contributed by atoms with Crippen molar-refractivity contribution < 1.29 is 4.57 Å². The van der Waals surface area contributed by atoms with Gasteiger partial charge in [-0.15, -0.1) is 10.2 Å². The molecule has 2 N–H and O–H groups in total. The van der Waals surface area contributed by atoms with Crippen LogP contribution in [0.5, 0.6) is 0 Å². The SMILES string of the molecule is CNc1nc(Nc2ccc(P(C)(C)=O)cc2)nnc1C. The largest absolute Gasteiger partial charge is 0.371 e. The molecular formula is C13H18N5OP. The topological polar surface area (TPSA) is 79.8 Å². The molecule has 2 aromatic rings. The third-order valence-corrected chi connectivity index (χ3v) is 4.38. The molecule has 2 rings (SSSR count). The summed E-state index contributed by atoms with van der Waals surface area (Å²) >= 11 is 0. The monoisotopic (exact) mass is 291 g/mol. The number of rotatable bonds is 4. The van der Waals surface area contributed by atoms with Crippen LogP contribution in [0, 0.1) is 6.92 Å².